The monoisotopic (exact) mass is 300 g/mol. The third kappa shape index (κ3) is 2.76. The van der Waals surface area contributed by atoms with Crippen LogP contribution in [0.4, 0.5) is 13.2 Å². The Morgan fingerprint density at radius 3 is 2.52 bits per heavy atom. The molecule has 1 aromatic carbocycles. The van der Waals surface area contributed by atoms with Gasteiger partial charge in [0.15, 0.2) is 5.76 Å². The first-order valence-electron chi connectivity index (χ1n) is 6.07. The molecule has 0 spiro atoms. The van der Waals surface area contributed by atoms with Crippen molar-refractivity contribution in [2.24, 2.45) is 0 Å². The zero-order valence-corrected chi connectivity index (χ0v) is 11.2. The molecule has 1 aromatic heterocycles. The van der Waals surface area contributed by atoms with Crippen molar-refractivity contribution in [3.8, 4) is 0 Å². The molecule has 0 saturated carbocycles. The van der Waals surface area contributed by atoms with E-state index in [0.717, 1.165) is 18.2 Å². The maximum absolute atomic E-state index is 12.7. The number of esters is 1. The minimum absolute atomic E-state index is 0.0159. The van der Waals surface area contributed by atoms with Gasteiger partial charge in [-0.2, -0.15) is 13.2 Å². The molecule has 4 nitrogen and oxygen atoms in total. The van der Waals surface area contributed by atoms with Crippen LogP contribution in [0.1, 0.15) is 28.6 Å². The van der Waals surface area contributed by atoms with E-state index in [4.69, 9.17) is 4.42 Å². The maximum atomic E-state index is 12.7. The van der Waals surface area contributed by atoms with Gasteiger partial charge >= 0.3 is 17.9 Å². The zero-order valence-electron chi connectivity index (χ0n) is 11.2. The molecule has 0 unspecified atom stereocenters. The van der Waals surface area contributed by atoms with Crippen LogP contribution in [0.2, 0.25) is 0 Å². The average Bonchev–Trinajstić information content (AvgIpc) is 2.74. The Labute approximate surface area is 117 Å². The fourth-order valence-corrected chi connectivity index (χ4v) is 1.90. The highest BCUT2D eigenvalue weighted by Crippen LogP contribution is 2.34. The van der Waals surface area contributed by atoms with Gasteiger partial charge in [-0.05, 0) is 32.0 Å². The molecule has 0 radical (unpaired) electrons. The molecule has 7 heteroatoms. The number of aryl methyl sites for hydroxylation is 1. The molecule has 112 valence electrons. The SMILES string of the molecule is CCOC(=O)C(=O)c1oc2ccc(C(F)(F)F)cc2c1C. The topological polar surface area (TPSA) is 56.5 Å². The van der Waals surface area contributed by atoms with Gasteiger partial charge in [-0.25, -0.2) is 4.79 Å². The number of benzene rings is 1. The second-order valence-corrected chi connectivity index (χ2v) is 4.31. The maximum Gasteiger partial charge on any atom is 0.416 e. The summed E-state index contributed by atoms with van der Waals surface area (Å²) in [6.07, 6.45) is -4.50. The molecule has 0 fully saturated rings. The molecule has 0 aliphatic carbocycles. The van der Waals surface area contributed by atoms with Crippen molar-refractivity contribution in [1.29, 1.82) is 0 Å². The lowest BCUT2D eigenvalue weighted by Crippen LogP contribution is -2.17. The van der Waals surface area contributed by atoms with Crippen LogP contribution in [-0.2, 0) is 15.7 Å². The number of furan rings is 1. The first kappa shape index (κ1) is 15.1. The van der Waals surface area contributed by atoms with Crippen molar-refractivity contribution in [2.75, 3.05) is 6.61 Å². The van der Waals surface area contributed by atoms with Gasteiger partial charge in [0.25, 0.3) is 0 Å². The third-order valence-corrected chi connectivity index (χ3v) is 2.93. The largest absolute Gasteiger partial charge is 0.460 e. The number of ether oxygens (including phenoxy) is 1. The summed E-state index contributed by atoms with van der Waals surface area (Å²) in [5.74, 6) is -2.42. The van der Waals surface area contributed by atoms with Crippen molar-refractivity contribution < 1.29 is 31.9 Å². The lowest BCUT2D eigenvalue weighted by Gasteiger charge is -2.05. The number of Topliss-reactive ketones (excluding diaryl/α,β-unsaturated/α-hetero) is 1. The molecule has 0 atom stereocenters. The second-order valence-electron chi connectivity index (χ2n) is 4.31. The summed E-state index contributed by atoms with van der Waals surface area (Å²) in [7, 11) is 0. The summed E-state index contributed by atoms with van der Waals surface area (Å²) in [6, 6.07) is 2.85. The van der Waals surface area contributed by atoms with Crippen LogP contribution in [0.5, 0.6) is 0 Å². The van der Waals surface area contributed by atoms with E-state index in [9.17, 15) is 22.8 Å². The first-order valence-corrected chi connectivity index (χ1v) is 6.07. The van der Waals surface area contributed by atoms with Gasteiger partial charge < -0.3 is 9.15 Å². The van der Waals surface area contributed by atoms with Crippen molar-refractivity contribution in [1.82, 2.24) is 0 Å². The summed E-state index contributed by atoms with van der Waals surface area (Å²) in [5, 5.41) is 0.137. The van der Waals surface area contributed by atoms with E-state index in [1.54, 1.807) is 0 Å². The number of fused-ring (bicyclic) bond motifs is 1. The van der Waals surface area contributed by atoms with E-state index in [1.165, 1.54) is 13.8 Å². The highest BCUT2D eigenvalue weighted by molar-refractivity contribution is 6.40. The van der Waals surface area contributed by atoms with E-state index in [0.29, 0.717) is 0 Å². The fourth-order valence-electron chi connectivity index (χ4n) is 1.90. The molecule has 2 aromatic rings. The molecular weight excluding hydrogens is 289 g/mol. The molecule has 0 saturated heterocycles. The van der Waals surface area contributed by atoms with Crippen molar-refractivity contribution >= 4 is 22.7 Å². The van der Waals surface area contributed by atoms with Gasteiger partial charge in [-0.1, -0.05) is 0 Å². The molecule has 0 bridgehead atoms. The Morgan fingerprint density at radius 1 is 1.29 bits per heavy atom. The quantitative estimate of drug-likeness (QED) is 0.494. The van der Waals surface area contributed by atoms with Crippen LogP contribution in [0.25, 0.3) is 11.0 Å². The van der Waals surface area contributed by atoms with Gasteiger partial charge in [0.2, 0.25) is 0 Å². The van der Waals surface area contributed by atoms with E-state index < -0.39 is 23.5 Å². The molecule has 21 heavy (non-hydrogen) atoms. The van der Waals surface area contributed by atoms with Crippen molar-refractivity contribution in [3.63, 3.8) is 0 Å². The van der Waals surface area contributed by atoms with Crippen LogP contribution in [-0.4, -0.2) is 18.4 Å². The molecule has 0 aliphatic heterocycles. The zero-order chi connectivity index (χ0) is 15.8. The van der Waals surface area contributed by atoms with Crippen LogP contribution in [0.15, 0.2) is 22.6 Å². The summed E-state index contributed by atoms with van der Waals surface area (Å²) in [4.78, 5) is 23.2. The highest BCUT2D eigenvalue weighted by Gasteiger charge is 2.32. The van der Waals surface area contributed by atoms with E-state index in [1.807, 2.05) is 0 Å². The smallest absolute Gasteiger partial charge is 0.416 e. The van der Waals surface area contributed by atoms with Gasteiger partial charge in [-0.3, -0.25) is 4.79 Å². The molecular formula is C14H11F3O4. The Kier molecular flexibility index (Phi) is 3.76. The minimum atomic E-state index is -4.50. The predicted octanol–water partition coefficient (Wildman–Crippen LogP) is 3.51. The van der Waals surface area contributed by atoms with E-state index in [2.05, 4.69) is 4.74 Å². The summed E-state index contributed by atoms with van der Waals surface area (Å²) in [6.45, 7) is 2.97. The van der Waals surface area contributed by atoms with Crippen LogP contribution < -0.4 is 0 Å². The summed E-state index contributed by atoms with van der Waals surface area (Å²) in [5.41, 5.74) is -0.573. The number of alkyl halides is 3. The Balaban J connectivity index is 2.51. The third-order valence-electron chi connectivity index (χ3n) is 2.93. The van der Waals surface area contributed by atoms with Crippen molar-refractivity contribution in [2.45, 2.75) is 20.0 Å². The summed E-state index contributed by atoms with van der Waals surface area (Å²) >= 11 is 0. The molecule has 0 aliphatic rings. The lowest BCUT2D eigenvalue weighted by atomic mass is 10.1. The van der Waals surface area contributed by atoms with Crippen LogP contribution in [0, 0.1) is 6.92 Å². The number of hydrogen-bond donors (Lipinski definition) is 0. The van der Waals surface area contributed by atoms with Crippen LogP contribution >= 0.6 is 0 Å². The standard InChI is InChI=1S/C14H11F3O4/c1-3-20-13(19)11(18)12-7(2)9-6-8(14(15,16)17)4-5-10(9)21-12/h4-6H,3H2,1-2H3. The van der Waals surface area contributed by atoms with E-state index in [-0.39, 0.29) is 28.9 Å². The normalized spacial score (nSPS) is 11.7. The number of carbonyl (C=O) groups is 2. The Bertz CT molecular complexity index is 713. The lowest BCUT2D eigenvalue weighted by molar-refractivity contribution is -0.138. The van der Waals surface area contributed by atoms with Crippen LogP contribution in [0.3, 0.4) is 0 Å². The number of ketones is 1. The van der Waals surface area contributed by atoms with Gasteiger partial charge in [0.05, 0.1) is 12.2 Å². The Morgan fingerprint density at radius 2 is 1.95 bits per heavy atom. The minimum Gasteiger partial charge on any atom is -0.460 e. The summed E-state index contributed by atoms with van der Waals surface area (Å²) < 4.78 is 47.7. The van der Waals surface area contributed by atoms with Gasteiger partial charge in [0, 0.05) is 10.9 Å². The number of halogens is 3. The fraction of sp³-hybridized carbons (Fsp3) is 0.286. The first-order chi connectivity index (χ1) is 9.75. The molecule has 0 N–H and O–H groups in total. The number of rotatable bonds is 3. The predicted molar refractivity (Wildman–Crippen MR) is 66.9 cm³/mol. The molecule has 2 rings (SSSR count). The van der Waals surface area contributed by atoms with E-state index >= 15 is 0 Å². The molecule has 1 heterocycles. The van der Waals surface area contributed by atoms with Gasteiger partial charge in [-0.15, -0.1) is 0 Å². The van der Waals surface area contributed by atoms with Crippen molar-refractivity contribution in [3.05, 3.63) is 35.1 Å². The second kappa shape index (κ2) is 5.23. The number of hydrogen-bond acceptors (Lipinski definition) is 4. The van der Waals surface area contributed by atoms with Gasteiger partial charge in [0.1, 0.15) is 5.58 Å². The highest BCUT2D eigenvalue weighted by atomic mass is 19.4. The average molecular weight is 300 g/mol. The molecule has 0 amide bonds. The number of carbonyl (C=O) groups excluding carboxylic acids is 2. The Hall–Kier alpha value is -2.31.